The maximum atomic E-state index is 13.1. The van der Waals surface area contributed by atoms with Gasteiger partial charge in [0.1, 0.15) is 11.5 Å². The molecule has 0 aliphatic rings. The van der Waals surface area contributed by atoms with Crippen LogP contribution in [0.25, 0.3) is 17.3 Å². The normalized spacial score (nSPS) is 12.3. The molecule has 0 atom stereocenters. The molecule has 0 bridgehead atoms. The summed E-state index contributed by atoms with van der Waals surface area (Å²) < 4.78 is 29.2. The van der Waals surface area contributed by atoms with Crippen molar-refractivity contribution in [2.24, 2.45) is 0 Å². The molecule has 3 aromatic rings. The standard InChI is InChI=1S/C22H23FN3O4PS/c1-3-22(4-2,31(28,29)30)16-7-11-18(12-8-16)24-20(27)14-13-19-21(25-26-32-19)15-5-9-17(23)10-6-15/h5-14H,3-4H2,1-2H3,(H,24,27)(H2,28,29,30)/b14-13+. The third-order valence-electron chi connectivity index (χ3n) is 5.43. The second kappa shape index (κ2) is 9.83. The number of carbonyl (C=O) groups is 1. The molecule has 2 aromatic carbocycles. The predicted molar refractivity (Wildman–Crippen MR) is 124 cm³/mol. The molecular weight excluding hydrogens is 452 g/mol. The molecule has 0 aliphatic carbocycles. The van der Waals surface area contributed by atoms with E-state index >= 15 is 0 Å². The minimum absolute atomic E-state index is 0.293. The van der Waals surface area contributed by atoms with E-state index in [0.29, 0.717) is 40.2 Å². The Morgan fingerprint density at radius 1 is 1.12 bits per heavy atom. The van der Waals surface area contributed by atoms with Gasteiger partial charge in [0.2, 0.25) is 5.91 Å². The van der Waals surface area contributed by atoms with Gasteiger partial charge in [-0.1, -0.05) is 30.5 Å². The van der Waals surface area contributed by atoms with Crippen LogP contribution in [0.15, 0.2) is 54.6 Å². The van der Waals surface area contributed by atoms with Crippen LogP contribution in [0, 0.1) is 5.82 Å². The number of nitrogens with one attached hydrogen (secondary N) is 1. The number of carbonyl (C=O) groups excluding carboxylic acids is 1. The summed E-state index contributed by atoms with van der Waals surface area (Å²) in [5.41, 5.74) is 2.27. The third-order valence-corrected chi connectivity index (χ3v) is 8.13. The van der Waals surface area contributed by atoms with Crippen LogP contribution >= 0.6 is 19.1 Å². The highest BCUT2D eigenvalue weighted by molar-refractivity contribution is 7.53. The van der Waals surface area contributed by atoms with Gasteiger partial charge in [-0.25, -0.2) is 4.39 Å². The fourth-order valence-corrected chi connectivity index (χ4v) is 5.45. The van der Waals surface area contributed by atoms with Crippen molar-refractivity contribution in [3.63, 3.8) is 0 Å². The maximum Gasteiger partial charge on any atom is 0.335 e. The molecule has 0 aliphatic heterocycles. The van der Waals surface area contributed by atoms with Crippen LogP contribution in [0.2, 0.25) is 0 Å². The molecule has 0 spiro atoms. The van der Waals surface area contributed by atoms with E-state index in [1.807, 2.05) is 0 Å². The fraction of sp³-hybridized carbons (Fsp3) is 0.227. The van der Waals surface area contributed by atoms with Crippen LogP contribution in [0.3, 0.4) is 0 Å². The number of halogens is 1. The number of aromatic nitrogens is 2. The number of hydrogen-bond acceptors (Lipinski definition) is 5. The number of benzene rings is 2. The molecule has 0 fully saturated rings. The van der Waals surface area contributed by atoms with Crippen LogP contribution < -0.4 is 5.32 Å². The fourth-order valence-electron chi connectivity index (χ4n) is 3.55. The van der Waals surface area contributed by atoms with Crippen molar-refractivity contribution in [3.8, 4) is 11.3 Å². The zero-order valence-corrected chi connectivity index (χ0v) is 19.2. The second-order valence-electron chi connectivity index (χ2n) is 7.18. The van der Waals surface area contributed by atoms with Crippen LogP contribution in [-0.4, -0.2) is 25.3 Å². The molecule has 0 radical (unpaired) electrons. The highest BCUT2D eigenvalue weighted by Gasteiger charge is 2.45. The van der Waals surface area contributed by atoms with E-state index in [-0.39, 0.29) is 11.7 Å². The average Bonchev–Trinajstić information content (AvgIpc) is 3.23. The minimum Gasteiger partial charge on any atom is -0.324 e. The molecule has 1 aromatic heterocycles. The summed E-state index contributed by atoms with van der Waals surface area (Å²) in [6, 6.07) is 12.3. The summed E-state index contributed by atoms with van der Waals surface area (Å²) in [7, 11) is -4.37. The first-order chi connectivity index (χ1) is 15.2. The van der Waals surface area contributed by atoms with E-state index in [4.69, 9.17) is 0 Å². The summed E-state index contributed by atoms with van der Waals surface area (Å²) in [5, 5.41) is 5.52. The number of anilines is 1. The maximum absolute atomic E-state index is 13.1. The molecule has 7 nitrogen and oxygen atoms in total. The number of amides is 1. The van der Waals surface area contributed by atoms with E-state index in [1.54, 1.807) is 56.3 Å². The van der Waals surface area contributed by atoms with Gasteiger partial charge in [0.15, 0.2) is 0 Å². The van der Waals surface area contributed by atoms with Gasteiger partial charge in [-0.15, -0.1) is 5.10 Å². The second-order valence-corrected chi connectivity index (χ2v) is 9.91. The molecule has 0 unspecified atom stereocenters. The SMILES string of the molecule is CCC(CC)(c1ccc(NC(=O)/C=C/c2snnc2-c2ccc(F)cc2)cc1)P(=O)(O)O. The highest BCUT2D eigenvalue weighted by Crippen LogP contribution is 2.60. The lowest BCUT2D eigenvalue weighted by Crippen LogP contribution is -2.24. The molecule has 0 saturated heterocycles. The van der Waals surface area contributed by atoms with Gasteiger partial charge < -0.3 is 15.1 Å². The van der Waals surface area contributed by atoms with Gasteiger partial charge in [0.05, 0.1) is 10.0 Å². The zero-order chi connectivity index (χ0) is 23.4. The van der Waals surface area contributed by atoms with Gasteiger partial charge in [-0.3, -0.25) is 9.36 Å². The third kappa shape index (κ3) is 5.02. The van der Waals surface area contributed by atoms with Crippen molar-refractivity contribution in [2.75, 3.05) is 5.32 Å². The summed E-state index contributed by atoms with van der Waals surface area (Å²) in [4.78, 5) is 32.8. The Balaban J connectivity index is 1.73. The molecule has 1 amide bonds. The van der Waals surface area contributed by atoms with Crippen molar-refractivity contribution in [1.82, 2.24) is 9.59 Å². The van der Waals surface area contributed by atoms with Gasteiger partial charge in [-0.2, -0.15) is 0 Å². The summed E-state index contributed by atoms with van der Waals surface area (Å²) in [6.45, 7) is 3.50. The summed E-state index contributed by atoms with van der Waals surface area (Å²) in [5.74, 6) is -0.737. The average molecular weight is 475 g/mol. The Kier molecular flexibility index (Phi) is 7.36. The van der Waals surface area contributed by atoms with Gasteiger partial charge in [0.25, 0.3) is 0 Å². The largest absolute Gasteiger partial charge is 0.335 e. The van der Waals surface area contributed by atoms with Crippen LogP contribution in [0.4, 0.5) is 10.1 Å². The van der Waals surface area contributed by atoms with Gasteiger partial charge in [-0.05, 0) is 72.4 Å². The Labute approximate surface area is 189 Å². The number of hydrogen-bond donors (Lipinski definition) is 3. The lowest BCUT2D eigenvalue weighted by Gasteiger charge is -2.33. The van der Waals surface area contributed by atoms with E-state index in [0.717, 1.165) is 11.5 Å². The molecule has 168 valence electrons. The zero-order valence-electron chi connectivity index (χ0n) is 17.5. The van der Waals surface area contributed by atoms with Crippen LogP contribution in [-0.2, 0) is 14.5 Å². The summed E-state index contributed by atoms with van der Waals surface area (Å²) in [6.07, 6.45) is 3.51. The first-order valence-corrected chi connectivity index (χ1v) is 12.3. The van der Waals surface area contributed by atoms with Crippen molar-refractivity contribution in [3.05, 3.63) is 70.9 Å². The van der Waals surface area contributed by atoms with Crippen molar-refractivity contribution >= 4 is 36.8 Å². The Bertz CT molecular complexity index is 1150. The predicted octanol–water partition coefficient (Wildman–Crippen LogP) is 5.19. The lowest BCUT2D eigenvalue weighted by atomic mass is 9.92. The molecule has 10 heteroatoms. The number of rotatable bonds is 8. The monoisotopic (exact) mass is 475 g/mol. The number of nitrogens with zero attached hydrogens (tertiary/aromatic N) is 2. The first-order valence-electron chi connectivity index (χ1n) is 9.93. The highest BCUT2D eigenvalue weighted by atomic mass is 32.1. The van der Waals surface area contributed by atoms with Crippen molar-refractivity contribution in [2.45, 2.75) is 31.8 Å². The Hall–Kier alpha value is -2.71. The van der Waals surface area contributed by atoms with E-state index in [2.05, 4.69) is 14.9 Å². The quantitative estimate of drug-likeness (QED) is 0.305. The van der Waals surface area contributed by atoms with E-state index < -0.39 is 12.8 Å². The van der Waals surface area contributed by atoms with Crippen LogP contribution in [0.1, 0.15) is 37.1 Å². The minimum atomic E-state index is -4.37. The molecule has 3 N–H and O–H groups in total. The van der Waals surface area contributed by atoms with Crippen LogP contribution in [0.5, 0.6) is 0 Å². The smallest absolute Gasteiger partial charge is 0.324 e. The molecule has 32 heavy (non-hydrogen) atoms. The summed E-state index contributed by atoms with van der Waals surface area (Å²) >= 11 is 1.11. The Morgan fingerprint density at radius 3 is 2.31 bits per heavy atom. The van der Waals surface area contributed by atoms with E-state index in [9.17, 15) is 23.5 Å². The molecule has 1 heterocycles. The topological polar surface area (TPSA) is 112 Å². The van der Waals surface area contributed by atoms with E-state index in [1.165, 1.54) is 18.2 Å². The Morgan fingerprint density at radius 2 is 1.75 bits per heavy atom. The van der Waals surface area contributed by atoms with Crippen molar-refractivity contribution in [1.29, 1.82) is 0 Å². The molecular formula is C22H23FN3O4PS. The van der Waals surface area contributed by atoms with Gasteiger partial charge >= 0.3 is 7.60 Å². The molecule has 0 saturated carbocycles. The lowest BCUT2D eigenvalue weighted by molar-refractivity contribution is -0.111. The first kappa shape index (κ1) is 23.9. The van der Waals surface area contributed by atoms with Crippen molar-refractivity contribution < 1.29 is 23.5 Å². The van der Waals surface area contributed by atoms with Gasteiger partial charge in [0, 0.05) is 17.3 Å². The molecule has 3 rings (SSSR count).